The van der Waals surface area contributed by atoms with Gasteiger partial charge in [-0.05, 0) is 36.1 Å². The summed E-state index contributed by atoms with van der Waals surface area (Å²) in [6.45, 7) is 2.66. The highest BCUT2D eigenvalue weighted by molar-refractivity contribution is 5.93. The van der Waals surface area contributed by atoms with E-state index < -0.39 is 0 Å². The molecule has 0 aliphatic heterocycles. The summed E-state index contributed by atoms with van der Waals surface area (Å²) in [4.78, 5) is 38.7. The second kappa shape index (κ2) is 8.82. The van der Waals surface area contributed by atoms with Crippen LogP contribution in [0.1, 0.15) is 28.6 Å². The SMILES string of the molecule is Cc1cnc(NCCc2ccccn2)c(=O)n1CC(=O)NCC1c2cccc3c1nccc23. The van der Waals surface area contributed by atoms with Crippen molar-refractivity contribution < 1.29 is 4.79 Å². The molecule has 1 atom stereocenters. The van der Waals surface area contributed by atoms with Crippen molar-refractivity contribution in [2.24, 2.45) is 0 Å². The maximum atomic E-state index is 12.9. The average Bonchev–Trinajstić information content (AvgIpc) is 2.97. The predicted molar refractivity (Wildman–Crippen MR) is 126 cm³/mol. The van der Waals surface area contributed by atoms with Crippen LogP contribution in [0, 0.1) is 6.92 Å². The quantitative estimate of drug-likeness (QED) is 0.436. The lowest BCUT2D eigenvalue weighted by Crippen LogP contribution is -2.36. The Bertz CT molecular complexity index is 1340. The first-order valence-electron chi connectivity index (χ1n) is 11.0. The van der Waals surface area contributed by atoms with Crippen LogP contribution in [0.2, 0.25) is 0 Å². The summed E-state index contributed by atoms with van der Waals surface area (Å²) in [6.07, 6.45) is 5.82. The Morgan fingerprint density at radius 2 is 1.94 bits per heavy atom. The van der Waals surface area contributed by atoms with Crippen molar-refractivity contribution in [3.8, 4) is 0 Å². The van der Waals surface area contributed by atoms with E-state index in [2.05, 4.69) is 37.7 Å². The molecule has 0 spiro atoms. The molecule has 1 amide bonds. The largest absolute Gasteiger partial charge is 0.365 e. The Kier molecular flexibility index (Phi) is 5.56. The second-order valence-corrected chi connectivity index (χ2v) is 8.13. The van der Waals surface area contributed by atoms with Gasteiger partial charge in [0.05, 0.1) is 5.69 Å². The summed E-state index contributed by atoms with van der Waals surface area (Å²) in [5, 5.41) is 8.38. The maximum absolute atomic E-state index is 12.9. The van der Waals surface area contributed by atoms with E-state index in [1.54, 1.807) is 19.3 Å². The standard InChI is InChI=1S/C25H24N6O2/c1-16-13-30-24(28-11-8-17-5-2-3-10-26-17)25(33)31(16)15-22(32)29-14-21-18-6-4-7-20-19(18)9-12-27-23(20)21/h2-7,9-10,12-13,21H,8,11,14-15H2,1H3,(H,28,30)(H,29,32). The maximum Gasteiger partial charge on any atom is 0.293 e. The van der Waals surface area contributed by atoms with Gasteiger partial charge in [-0.15, -0.1) is 0 Å². The van der Waals surface area contributed by atoms with Gasteiger partial charge in [0, 0.05) is 60.8 Å². The smallest absolute Gasteiger partial charge is 0.293 e. The van der Waals surface area contributed by atoms with E-state index in [1.807, 2.05) is 36.5 Å². The van der Waals surface area contributed by atoms with Crippen molar-refractivity contribution in [2.75, 3.05) is 18.4 Å². The monoisotopic (exact) mass is 440 g/mol. The first-order valence-corrected chi connectivity index (χ1v) is 11.0. The number of benzene rings is 1. The van der Waals surface area contributed by atoms with E-state index in [9.17, 15) is 9.59 Å². The topological polar surface area (TPSA) is 102 Å². The molecular weight excluding hydrogens is 416 g/mol. The Morgan fingerprint density at radius 1 is 1.03 bits per heavy atom. The summed E-state index contributed by atoms with van der Waals surface area (Å²) in [5.41, 5.74) is 3.41. The van der Waals surface area contributed by atoms with Crippen molar-refractivity contribution in [2.45, 2.75) is 25.8 Å². The molecule has 33 heavy (non-hydrogen) atoms. The van der Waals surface area contributed by atoms with Gasteiger partial charge in [0.25, 0.3) is 5.56 Å². The Hall–Kier alpha value is -4.07. The number of rotatable bonds is 8. The minimum atomic E-state index is -0.314. The molecule has 8 nitrogen and oxygen atoms in total. The third kappa shape index (κ3) is 4.07. The molecule has 1 aliphatic carbocycles. The molecular formula is C25H24N6O2. The Labute approximate surface area is 190 Å². The molecule has 2 N–H and O–H groups in total. The molecule has 1 aliphatic rings. The molecule has 166 valence electrons. The van der Waals surface area contributed by atoms with E-state index in [0.717, 1.165) is 16.8 Å². The fraction of sp³-hybridized carbons (Fsp3) is 0.240. The fourth-order valence-electron chi connectivity index (χ4n) is 4.35. The number of carbonyl (C=O) groups is 1. The number of hydrogen-bond acceptors (Lipinski definition) is 6. The molecule has 3 heterocycles. The normalized spacial score (nSPS) is 14.0. The van der Waals surface area contributed by atoms with Crippen LogP contribution >= 0.6 is 0 Å². The third-order valence-electron chi connectivity index (χ3n) is 6.03. The number of amides is 1. The first-order chi connectivity index (χ1) is 16.1. The van der Waals surface area contributed by atoms with Gasteiger partial charge in [-0.3, -0.25) is 24.1 Å². The number of hydrogen-bond donors (Lipinski definition) is 2. The zero-order chi connectivity index (χ0) is 22.8. The van der Waals surface area contributed by atoms with Crippen LogP contribution in [0.4, 0.5) is 5.82 Å². The zero-order valence-electron chi connectivity index (χ0n) is 18.3. The van der Waals surface area contributed by atoms with Crippen LogP contribution in [0.3, 0.4) is 0 Å². The fourth-order valence-corrected chi connectivity index (χ4v) is 4.35. The number of nitrogens with zero attached hydrogens (tertiary/aromatic N) is 4. The summed E-state index contributed by atoms with van der Waals surface area (Å²) >= 11 is 0. The van der Waals surface area contributed by atoms with E-state index in [-0.39, 0.29) is 29.7 Å². The van der Waals surface area contributed by atoms with Gasteiger partial charge < -0.3 is 10.6 Å². The Morgan fingerprint density at radius 3 is 2.76 bits per heavy atom. The highest BCUT2D eigenvalue weighted by atomic mass is 16.2. The van der Waals surface area contributed by atoms with Gasteiger partial charge in [-0.2, -0.15) is 0 Å². The van der Waals surface area contributed by atoms with Gasteiger partial charge in [-0.1, -0.05) is 24.3 Å². The molecule has 3 aromatic heterocycles. The van der Waals surface area contributed by atoms with Gasteiger partial charge in [0.15, 0.2) is 5.82 Å². The van der Waals surface area contributed by atoms with Crippen molar-refractivity contribution in [1.29, 1.82) is 0 Å². The van der Waals surface area contributed by atoms with Crippen LogP contribution < -0.4 is 16.2 Å². The molecule has 4 bridgehead atoms. The van der Waals surface area contributed by atoms with E-state index in [0.29, 0.717) is 25.2 Å². The van der Waals surface area contributed by atoms with Gasteiger partial charge in [0.2, 0.25) is 5.91 Å². The van der Waals surface area contributed by atoms with Crippen LogP contribution in [0.5, 0.6) is 0 Å². The molecule has 8 heteroatoms. The van der Waals surface area contributed by atoms with Gasteiger partial charge >= 0.3 is 0 Å². The van der Waals surface area contributed by atoms with Crippen molar-refractivity contribution in [1.82, 2.24) is 24.8 Å². The molecule has 1 unspecified atom stereocenters. The summed E-state index contributed by atoms with van der Waals surface area (Å²) < 4.78 is 1.44. The molecule has 0 saturated carbocycles. The van der Waals surface area contributed by atoms with Crippen LogP contribution in [-0.2, 0) is 17.8 Å². The van der Waals surface area contributed by atoms with Crippen molar-refractivity contribution in [3.05, 3.63) is 94.1 Å². The second-order valence-electron chi connectivity index (χ2n) is 8.13. The highest BCUT2D eigenvalue weighted by Crippen LogP contribution is 2.39. The lowest BCUT2D eigenvalue weighted by Gasteiger charge is -2.15. The minimum absolute atomic E-state index is 0.0306. The van der Waals surface area contributed by atoms with Crippen LogP contribution in [0.15, 0.2) is 65.8 Å². The lowest BCUT2D eigenvalue weighted by atomic mass is 10.0. The van der Waals surface area contributed by atoms with Crippen molar-refractivity contribution in [3.63, 3.8) is 0 Å². The third-order valence-corrected chi connectivity index (χ3v) is 6.03. The summed E-state index contributed by atoms with van der Waals surface area (Å²) in [7, 11) is 0. The zero-order valence-corrected chi connectivity index (χ0v) is 18.3. The van der Waals surface area contributed by atoms with E-state index in [4.69, 9.17) is 0 Å². The molecule has 1 aromatic carbocycles. The number of carbonyl (C=O) groups excluding carboxylic acids is 1. The number of anilines is 1. The van der Waals surface area contributed by atoms with Gasteiger partial charge in [-0.25, -0.2) is 4.98 Å². The number of aromatic nitrogens is 4. The number of nitrogens with one attached hydrogen (secondary N) is 2. The summed E-state index contributed by atoms with van der Waals surface area (Å²) in [6, 6.07) is 13.9. The van der Waals surface area contributed by atoms with Crippen LogP contribution in [-0.4, -0.2) is 38.5 Å². The molecule has 0 radical (unpaired) electrons. The molecule has 0 fully saturated rings. The molecule has 4 aromatic rings. The Balaban J connectivity index is 1.23. The summed E-state index contributed by atoms with van der Waals surface area (Å²) in [5.74, 6) is 0.0363. The first kappa shape index (κ1) is 20.8. The predicted octanol–water partition coefficient (Wildman–Crippen LogP) is 2.41. The minimum Gasteiger partial charge on any atom is -0.365 e. The van der Waals surface area contributed by atoms with E-state index in [1.165, 1.54) is 15.5 Å². The van der Waals surface area contributed by atoms with Crippen molar-refractivity contribution >= 4 is 22.5 Å². The highest BCUT2D eigenvalue weighted by Gasteiger charge is 2.27. The average molecular weight is 441 g/mol. The van der Waals surface area contributed by atoms with Gasteiger partial charge in [0.1, 0.15) is 6.54 Å². The molecule has 0 saturated heterocycles. The molecule has 5 rings (SSSR count). The van der Waals surface area contributed by atoms with E-state index >= 15 is 0 Å². The number of pyridine rings is 2. The lowest BCUT2D eigenvalue weighted by molar-refractivity contribution is -0.121. The number of aryl methyl sites for hydroxylation is 1. The van der Waals surface area contributed by atoms with Crippen LogP contribution in [0.25, 0.3) is 10.8 Å².